The summed E-state index contributed by atoms with van der Waals surface area (Å²) in [5.41, 5.74) is 2.61. The number of benzene rings is 1. The van der Waals surface area contributed by atoms with Crippen molar-refractivity contribution >= 4 is 0 Å². The lowest BCUT2D eigenvalue weighted by Gasteiger charge is -2.33. The summed E-state index contributed by atoms with van der Waals surface area (Å²) in [4.78, 5) is 3.89. The van der Waals surface area contributed by atoms with Crippen molar-refractivity contribution in [3.05, 3.63) is 35.4 Å². The Morgan fingerprint density at radius 3 is 2.24 bits per heavy atom. The zero-order valence-electron chi connectivity index (χ0n) is 15.3. The van der Waals surface area contributed by atoms with Gasteiger partial charge in [0.25, 0.3) is 0 Å². The van der Waals surface area contributed by atoms with E-state index < -0.39 is 12.7 Å². The maximum Gasteiger partial charge on any atom is 0.401 e. The zero-order valence-corrected chi connectivity index (χ0v) is 15.3. The van der Waals surface area contributed by atoms with E-state index in [1.807, 2.05) is 0 Å². The number of piperidine rings is 1. The van der Waals surface area contributed by atoms with Gasteiger partial charge in [-0.2, -0.15) is 13.2 Å². The molecule has 0 radical (unpaired) electrons. The lowest BCUT2D eigenvalue weighted by molar-refractivity contribution is -0.148. The SMILES string of the molecule is CCN(CC)Cc1ccccc1CNC1CCN(CC(F)(F)F)CC1. The van der Waals surface area contributed by atoms with Crippen LogP contribution < -0.4 is 5.32 Å². The zero-order chi connectivity index (χ0) is 18.3. The highest BCUT2D eigenvalue weighted by atomic mass is 19.4. The van der Waals surface area contributed by atoms with Crippen molar-refractivity contribution in [1.29, 1.82) is 0 Å². The second-order valence-electron chi connectivity index (χ2n) is 6.78. The van der Waals surface area contributed by atoms with Gasteiger partial charge in [0, 0.05) is 19.1 Å². The van der Waals surface area contributed by atoms with Crippen LogP contribution in [-0.2, 0) is 13.1 Å². The molecule has 1 N–H and O–H groups in total. The summed E-state index contributed by atoms with van der Waals surface area (Å²) in [7, 11) is 0. The lowest BCUT2D eigenvalue weighted by Crippen LogP contribution is -2.45. The van der Waals surface area contributed by atoms with Crippen LogP contribution in [0.1, 0.15) is 37.8 Å². The summed E-state index contributed by atoms with van der Waals surface area (Å²) >= 11 is 0. The predicted octanol–water partition coefficient (Wildman–Crippen LogP) is 3.64. The molecule has 1 aliphatic heterocycles. The molecule has 6 heteroatoms. The van der Waals surface area contributed by atoms with Gasteiger partial charge in [0.1, 0.15) is 0 Å². The Morgan fingerprint density at radius 2 is 1.68 bits per heavy atom. The minimum absolute atomic E-state index is 0.297. The van der Waals surface area contributed by atoms with Crippen molar-refractivity contribution < 1.29 is 13.2 Å². The number of nitrogens with one attached hydrogen (secondary N) is 1. The van der Waals surface area contributed by atoms with Crippen LogP contribution in [0.3, 0.4) is 0 Å². The van der Waals surface area contributed by atoms with E-state index in [1.54, 1.807) is 0 Å². The van der Waals surface area contributed by atoms with E-state index in [2.05, 4.69) is 48.3 Å². The van der Waals surface area contributed by atoms with E-state index in [0.717, 1.165) is 39.0 Å². The number of halogens is 3. The maximum atomic E-state index is 12.5. The molecule has 1 aromatic carbocycles. The number of likely N-dealkylation sites (tertiary alicyclic amines) is 1. The molecule has 0 unspecified atom stereocenters. The Labute approximate surface area is 149 Å². The fraction of sp³-hybridized carbons (Fsp3) is 0.684. The molecule has 142 valence electrons. The van der Waals surface area contributed by atoms with Gasteiger partial charge in [0.05, 0.1) is 6.54 Å². The molecule has 1 aliphatic rings. The summed E-state index contributed by atoms with van der Waals surface area (Å²) < 4.78 is 37.4. The minimum Gasteiger partial charge on any atom is -0.310 e. The highest BCUT2D eigenvalue weighted by molar-refractivity contribution is 5.27. The monoisotopic (exact) mass is 357 g/mol. The molecule has 0 bridgehead atoms. The summed E-state index contributed by atoms with van der Waals surface area (Å²) in [5.74, 6) is 0. The molecule has 1 aromatic rings. The molecule has 25 heavy (non-hydrogen) atoms. The second kappa shape index (κ2) is 9.55. The van der Waals surface area contributed by atoms with Crippen LogP contribution >= 0.6 is 0 Å². The normalized spacial score (nSPS) is 17.4. The third kappa shape index (κ3) is 6.96. The fourth-order valence-corrected chi connectivity index (χ4v) is 3.38. The van der Waals surface area contributed by atoms with Gasteiger partial charge in [-0.1, -0.05) is 38.1 Å². The van der Waals surface area contributed by atoms with Crippen molar-refractivity contribution in [2.24, 2.45) is 0 Å². The van der Waals surface area contributed by atoms with Crippen LogP contribution in [0, 0.1) is 0 Å². The minimum atomic E-state index is -4.09. The third-order valence-corrected chi connectivity index (χ3v) is 4.98. The topological polar surface area (TPSA) is 18.5 Å². The van der Waals surface area contributed by atoms with Crippen LogP contribution in [-0.4, -0.2) is 54.7 Å². The van der Waals surface area contributed by atoms with E-state index in [1.165, 1.54) is 16.0 Å². The molecule has 0 spiro atoms. The van der Waals surface area contributed by atoms with Crippen molar-refractivity contribution in [2.75, 3.05) is 32.7 Å². The molecule has 3 nitrogen and oxygen atoms in total. The highest BCUT2D eigenvalue weighted by Crippen LogP contribution is 2.20. The first kappa shape index (κ1) is 20.2. The molecule has 2 rings (SSSR count). The maximum absolute atomic E-state index is 12.5. The van der Waals surface area contributed by atoms with Gasteiger partial charge in [0.15, 0.2) is 0 Å². The summed E-state index contributed by atoms with van der Waals surface area (Å²) in [5, 5.41) is 3.54. The summed E-state index contributed by atoms with van der Waals surface area (Å²) in [6.07, 6.45) is -2.55. The highest BCUT2D eigenvalue weighted by Gasteiger charge is 2.32. The molecule has 1 heterocycles. The number of alkyl halides is 3. The van der Waals surface area contributed by atoms with E-state index in [9.17, 15) is 13.2 Å². The molecule has 0 aliphatic carbocycles. The number of hydrogen-bond acceptors (Lipinski definition) is 3. The van der Waals surface area contributed by atoms with Gasteiger partial charge in [-0.05, 0) is 50.1 Å². The molecule has 1 fully saturated rings. The molecule has 1 saturated heterocycles. The Hall–Kier alpha value is -1.11. The van der Waals surface area contributed by atoms with E-state index in [4.69, 9.17) is 0 Å². The average Bonchev–Trinajstić information content (AvgIpc) is 2.58. The van der Waals surface area contributed by atoms with Crippen LogP contribution in [0.15, 0.2) is 24.3 Å². The number of hydrogen-bond donors (Lipinski definition) is 1. The quantitative estimate of drug-likeness (QED) is 0.766. The average molecular weight is 357 g/mol. The number of rotatable bonds is 8. The Bertz CT molecular complexity index is 507. The Balaban J connectivity index is 1.82. The molecule has 0 aromatic heterocycles. The molecule has 0 saturated carbocycles. The molecule has 0 amide bonds. The van der Waals surface area contributed by atoms with Crippen molar-refractivity contribution in [2.45, 2.75) is 52.0 Å². The van der Waals surface area contributed by atoms with Crippen LogP contribution in [0.25, 0.3) is 0 Å². The first-order valence-electron chi connectivity index (χ1n) is 9.23. The summed E-state index contributed by atoms with van der Waals surface area (Å²) in [6, 6.07) is 8.73. The first-order valence-corrected chi connectivity index (χ1v) is 9.23. The van der Waals surface area contributed by atoms with Gasteiger partial charge >= 0.3 is 6.18 Å². The largest absolute Gasteiger partial charge is 0.401 e. The summed E-state index contributed by atoms with van der Waals surface area (Å²) in [6.45, 7) is 8.34. The molecule has 0 atom stereocenters. The molecular weight excluding hydrogens is 327 g/mol. The van der Waals surface area contributed by atoms with Crippen molar-refractivity contribution in [3.8, 4) is 0 Å². The van der Waals surface area contributed by atoms with Crippen LogP contribution in [0.4, 0.5) is 13.2 Å². The Morgan fingerprint density at radius 1 is 1.08 bits per heavy atom. The predicted molar refractivity (Wildman–Crippen MR) is 95.4 cm³/mol. The van der Waals surface area contributed by atoms with E-state index >= 15 is 0 Å². The van der Waals surface area contributed by atoms with Gasteiger partial charge in [-0.15, -0.1) is 0 Å². The smallest absolute Gasteiger partial charge is 0.310 e. The van der Waals surface area contributed by atoms with Crippen molar-refractivity contribution in [3.63, 3.8) is 0 Å². The van der Waals surface area contributed by atoms with Crippen LogP contribution in [0.5, 0.6) is 0 Å². The van der Waals surface area contributed by atoms with Gasteiger partial charge in [-0.3, -0.25) is 9.80 Å². The van der Waals surface area contributed by atoms with E-state index in [0.29, 0.717) is 19.1 Å². The standard InChI is InChI=1S/C19H30F3N3/c1-3-24(4-2)14-17-8-6-5-7-16(17)13-23-18-9-11-25(12-10-18)15-19(20,21)22/h5-8,18,23H,3-4,9-15H2,1-2H3. The van der Waals surface area contributed by atoms with Crippen LogP contribution in [0.2, 0.25) is 0 Å². The van der Waals surface area contributed by atoms with E-state index in [-0.39, 0.29) is 0 Å². The van der Waals surface area contributed by atoms with Gasteiger partial charge in [-0.25, -0.2) is 0 Å². The third-order valence-electron chi connectivity index (χ3n) is 4.98. The van der Waals surface area contributed by atoms with Gasteiger partial charge < -0.3 is 5.32 Å². The molecular formula is C19H30F3N3. The second-order valence-corrected chi connectivity index (χ2v) is 6.78. The first-order chi connectivity index (χ1) is 11.9. The lowest BCUT2D eigenvalue weighted by atomic mass is 10.0. The van der Waals surface area contributed by atoms with Gasteiger partial charge in [0.2, 0.25) is 0 Å². The fourth-order valence-electron chi connectivity index (χ4n) is 3.38. The Kier molecular flexibility index (Phi) is 7.72. The van der Waals surface area contributed by atoms with Crippen molar-refractivity contribution in [1.82, 2.24) is 15.1 Å². The number of nitrogens with zero attached hydrogens (tertiary/aromatic N) is 2.